The minimum Gasteiger partial charge on any atom is -0.507 e. The van der Waals surface area contributed by atoms with E-state index in [4.69, 9.17) is 4.74 Å². The first-order valence-electron chi connectivity index (χ1n) is 15.7. The van der Waals surface area contributed by atoms with Gasteiger partial charge >= 0.3 is 0 Å². The van der Waals surface area contributed by atoms with Gasteiger partial charge in [0.1, 0.15) is 5.75 Å². The maximum absolute atomic E-state index is 14.0. The number of carbonyl (C=O) groups excluding carboxylic acids is 2. The average molecular weight is 656 g/mol. The molecule has 4 atom stereocenters. The Labute approximate surface area is 267 Å². The highest BCUT2D eigenvalue weighted by atomic mass is 79.9. The molecule has 2 aliphatic heterocycles. The molecule has 3 aromatic rings. The monoisotopic (exact) mass is 654 g/mol. The second-order valence-electron chi connectivity index (χ2n) is 12.0. The molecule has 6 rings (SSSR count). The Morgan fingerprint density at radius 3 is 2.45 bits per heavy atom. The second-order valence-corrected chi connectivity index (χ2v) is 12.9. The Morgan fingerprint density at radius 1 is 0.977 bits per heavy atom. The summed E-state index contributed by atoms with van der Waals surface area (Å²) in [5, 5.41) is 13.8. The van der Waals surface area contributed by atoms with Crippen molar-refractivity contribution >= 4 is 50.9 Å². The number of phenolic OH excluding ortho intramolecular Hbond substituents is 1. The van der Waals surface area contributed by atoms with E-state index in [2.05, 4.69) is 41.2 Å². The highest BCUT2D eigenvalue weighted by molar-refractivity contribution is 9.10. The number of fused-ring (bicyclic) bond motifs is 3. The Hall–Kier alpha value is -3.68. The lowest BCUT2D eigenvalue weighted by atomic mass is 9.69. The Kier molecular flexibility index (Phi) is 9.06. The van der Waals surface area contributed by atoms with Crippen LogP contribution >= 0.6 is 15.9 Å². The van der Waals surface area contributed by atoms with Crippen LogP contribution in [-0.4, -0.2) is 29.6 Å². The molecular weight excluding hydrogens is 616 g/mol. The lowest BCUT2D eigenvalue weighted by Crippen LogP contribution is -2.34. The van der Waals surface area contributed by atoms with Gasteiger partial charge in [0.05, 0.1) is 30.2 Å². The standard InChI is InChI=1S/C37H39BrN2O4/c1-3-8-23(19-25-20-26(38)12-17-32(25)41)11-18-33-34-24(4-2)21-30-35(31(34)22-44-33)37(43)40(36(30)42)29-15-13-28(14-16-29)39-27-9-6-5-7-10-27/h5-7,9-10,12-17,19-20,30-31,33,35,39,41H,3-4,8,11,18,21-22H2,1-2H3/b23-19+/t30-,31+,33-,35-/m1/s1. The summed E-state index contributed by atoms with van der Waals surface area (Å²) in [6.45, 7) is 4.78. The second kappa shape index (κ2) is 13.1. The number of hydrogen-bond acceptors (Lipinski definition) is 5. The molecular formula is C37H39BrN2O4. The van der Waals surface area contributed by atoms with Gasteiger partial charge in [-0.3, -0.25) is 14.5 Å². The molecule has 2 saturated heterocycles. The molecule has 1 aliphatic carbocycles. The van der Waals surface area contributed by atoms with E-state index in [-0.39, 0.29) is 41.4 Å². The highest BCUT2D eigenvalue weighted by Crippen LogP contribution is 2.51. The van der Waals surface area contributed by atoms with Gasteiger partial charge < -0.3 is 15.2 Å². The number of allylic oxidation sites excluding steroid dienone is 2. The summed E-state index contributed by atoms with van der Waals surface area (Å²) in [5.41, 5.74) is 7.09. The molecule has 44 heavy (non-hydrogen) atoms. The first kappa shape index (κ1) is 30.4. The number of benzene rings is 3. The molecule has 7 heteroatoms. The van der Waals surface area contributed by atoms with E-state index in [1.165, 1.54) is 21.6 Å². The van der Waals surface area contributed by atoms with Crippen molar-refractivity contribution in [2.24, 2.45) is 17.8 Å². The quantitative estimate of drug-likeness (QED) is 0.169. The topological polar surface area (TPSA) is 78.9 Å². The molecule has 0 aromatic heterocycles. The fraction of sp³-hybridized carbons (Fsp3) is 0.351. The Bertz CT molecular complexity index is 1600. The number of halogens is 1. The number of ether oxygens (including phenoxy) is 1. The highest BCUT2D eigenvalue weighted by Gasteiger charge is 2.57. The van der Waals surface area contributed by atoms with E-state index in [0.29, 0.717) is 18.7 Å². The normalized spacial score (nSPS) is 23.2. The third-order valence-corrected chi connectivity index (χ3v) is 9.76. The summed E-state index contributed by atoms with van der Waals surface area (Å²) in [5.74, 6) is -0.734. The Balaban J connectivity index is 1.19. The molecule has 2 fully saturated rings. The van der Waals surface area contributed by atoms with Gasteiger partial charge in [-0.15, -0.1) is 0 Å². The molecule has 0 saturated carbocycles. The minimum absolute atomic E-state index is 0.0624. The summed E-state index contributed by atoms with van der Waals surface area (Å²) in [6.07, 6.45) is 7.10. The third-order valence-electron chi connectivity index (χ3n) is 9.27. The van der Waals surface area contributed by atoms with Crippen molar-refractivity contribution in [3.63, 3.8) is 0 Å². The van der Waals surface area contributed by atoms with Crippen LogP contribution in [0.3, 0.4) is 0 Å². The zero-order valence-corrected chi connectivity index (χ0v) is 26.8. The molecule has 0 spiro atoms. The van der Waals surface area contributed by atoms with Gasteiger partial charge in [0.15, 0.2) is 0 Å². The minimum atomic E-state index is -0.385. The van der Waals surface area contributed by atoms with Gasteiger partial charge in [-0.2, -0.15) is 0 Å². The van der Waals surface area contributed by atoms with Gasteiger partial charge in [0, 0.05) is 27.3 Å². The smallest absolute Gasteiger partial charge is 0.238 e. The van der Waals surface area contributed by atoms with E-state index in [1.807, 2.05) is 66.7 Å². The third kappa shape index (κ3) is 6.00. The van der Waals surface area contributed by atoms with Crippen molar-refractivity contribution in [3.05, 3.63) is 99.6 Å². The van der Waals surface area contributed by atoms with E-state index in [1.54, 1.807) is 6.07 Å². The first-order valence-corrected chi connectivity index (χ1v) is 16.5. The number of anilines is 3. The maximum Gasteiger partial charge on any atom is 0.238 e. The first-order chi connectivity index (χ1) is 21.4. The molecule has 0 radical (unpaired) electrons. The van der Waals surface area contributed by atoms with E-state index in [0.717, 1.165) is 53.5 Å². The number of nitrogens with one attached hydrogen (secondary N) is 1. The van der Waals surface area contributed by atoms with Crippen molar-refractivity contribution in [3.8, 4) is 5.75 Å². The number of para-hydroxylation sites is 1. The lowest BCUT2D eigenvalue weighted by Gasteiger charge is -2.31. The summed E-state index contributed by atoms with van der Waals surface area (Å²) in [6, 6.07) is 22.9. The SMILES string of the molecule is CCC/C(=C\c1cc(Br)ccc1O)CC[C@H]1OC[C@H]2C1=C(CC)C[C@H]1C(=O)N(c3ccc(Nc4ccccc4)cc3)C(=O)[C@H]12. The van der Waals surface area contributed by atoms with E-state index >= 15 is 0 Å². The van der Waals surface area contributed by atoms with Crippen LogP contribution in [0, 0.1) is 17.8 Å². The average Bonchev–Trinajstić information content (AvgIpc) is 3.56. The number of carbonyl (C=O) groups is 2. The molecule has 3 aromatic carbocycles. The molecule has 0 unspecified atom stereocenters. The molecule has 2 amide bonds. The van der Waals surface area contributed by atoms with Crippen LogP contribution in [0.5, 0.6) is 5.75 Å². The molecule has 0 bridgehead atoms. The summed E-state index contributed by atoms with van der Waals surface area (Å²) in [4.78, 5) is 29.1. The number of phenols is 1. The number of imide groups is 1. The van der Waals surface area contributed by atoms with Crippen LogP contribution in [0.15, 0.2) is 94.0 Å². The maximum atomic E-state index is 14.0. The van der Waals surface area contributed by atoms with Gasteiger partial charge in [-0.05, 0) is 92.3 Å². The summed E-state index contributed by atoms with van der Waals surface area (Å²) >= 11 is 3.51. The lowest BCUT2D eigenvalue weighted by molar-refractivity contribution is -0.122. The summed E-state index contributed by atoms with van der Waals surface area (Å²) < 4.78 is 7.36. The van der Waals surface area contributed by atoms with Gasteiger partial charge in [0.25, 0.3) is 0 Å². The largest absolute Gasteiger partial charge is 0.507 e. The molecule has 6 nitrogen and oxygen atoms in total. The van der Waals surface area contributed by atoms with Crippen LogP contribution in [0.25, 0.3) is 6.08 Å². The van der Waals surface area contributed by atoms with E-state index < -0.39 is 0 Å². The van der Waals surface area contributed by atoms with Crippen LogP contribution in [-0.2, 0) is 14.3 Å². The summed E-state index contributed by atoms with van der Waals surface area (Å²) in [7, 11) is 0. The van der Waals surface area contributed by atoms with Crippen molar-refractivity contribution in [2.75, 3.05) is 16.8 Å². The van der Waals surface area contributed by atoms with Crippen molar-refractivity contribution < 1.29 is 19.4 Å². The zero-order chi connectivity index (χ0) is 30.8. The number of aromatic hydroxyl groups is 1. The zero-order valence-electron chi connectivity index (χ0n) is 25.3. The molecule has 2 N–H and O–H groups in total. The van der Waals surface area contributed by atoms with Crippen molar-refractivity contribution in [1.29, 1.82) is 0 Å². The van der Waals surface area contributed by atoms with Gasteiger partial charge in [0.2, 0.25) is 11.8 Å². The van der Waals surface area contributed by atoms with Crippen molar-refractivity contribution in [2.45, 2.75) is 58.5 Å². The number of amides is 2. The molecule has 228 valence electrons. The van der Waals surface area contributed by atoms with Gasteiger partial charge in [-0.25, -0.2) is 0 Å². The number of hydrogen-bond donors (Lipinski definition) is 2. The number of rotatable bonds is 10. The molecule has 2 heterocycles. The van der Waals surface area contributed by atoms with Crippen molar-refractivity contribution in [1.82, 2.24) is 0 Å². The van der Waals surface area contributed by atoms with Crippen LogP contribution in [0.2, 0.25) is 0 Å². The molecule has 3 aliphatic rings. The fourth-order valence-electron chi connectivity index (χ4n) is 7.22. The predicted molar refractivity (Wildman–Crippen MR) is 179 cm³/mol. The fourth-order valence-corrected chi connectivity index (χ4v) is 7.59. The van der Waals surface area contributed by atoms with Crippen LogP contribution in [0.4, 0.5) is 17.1 Å². The number of nitrogens with zero attached hydrogens (tertiary/aromatic N) is 1. The Morgan fingerprint density at radius 2 is 1.73 bits per heavy atom. The van der Waals surface area contributed by atoms with Crippen LogP contribution in [0.1, 0.15) is 57.9 Å². The van der Waals surface area contributed by atoms with E-state index in [9.17, 15) is 14.7 Å². The van der Waals surface area contributed by atoms with Crippen LogP contribution < -0.4 is 10.2 Å². The predicted octanol–water partition coefficient (Wildman–Crippen LogP) is 8.79. The van der Waals surface area contributed by atoms with Gasteiger partial charge in [-0.1, -0.05) is 71.6 Å².